The Morgan fingerprint density at radius 1 is 1.27 bits per heavy atom. The predicted octanol–water partition coefficient (Wildman–Crippen LogP) is 6.81. The third kappa shape index (κ3) is 5.34. The average molecular weight is 305 g/mol. The van der Waals surface area contributed by atoms with Crippen molar-refractivity contribution in [2.75, 3.05) is 0 Å². The first-order valence-corrected chi connectivity index (χ1v) is 9.19. The van der Waals surface area contributed by atoms with E-state index in [0.717, 1.165) is 30.9 Å². The summed E-state index contributed by atoms with van der Waals surface area (Å²) in [6, 6.07) is 0. The fourth-order valence-electron chi connectivity index (χ4n) is 3.71. The molecule has 0 saturated carbocycles. The molecule has 1 saturated heterocycles. The third-order valence-corrected chi connectivity index (χ3v) is 4.69. The van der Waals surface area contributed by atoms with Crippen molar-refractivity contribution in [3.63, 3.8) is 0 Å². The molecule has 0 aromatic rings. The molecule has 0 aromatic heterocycles. The summed E-state index contributed by atoms with van der Waals surface area (Å²) >= 11 is 0. The first-order chi connectivity index (χ1) is 10.5. The monoisotopic (exact) mass is 304 g/mol. The first kappa shape index (κ1) is 19.1. The molecule has 1 aliphatic rings. The van der Waals surface area contributed by atoms with E-state index in [4.69, 9.17) is 4.74 Å². The molecule has 0 bridgehead atoms. The Morgan fingerprint density at radius 2 is 1.91 bits per heavy atom. The van der Waals surface area contributed by atoms with Gasteiger partial charge in [-0.15, -0.1) is 0 Å². The second-order valence-electron chi connectivity index (χ2n) is 7.23. The van der Waals surface area contributed by atoms with Crippen molar-refractivity contribution < 1.29 is 4.74 Å². The largest absolute Gasteiger partial charge is 0.488 e. The van der Waals surface area contributed by atoms with Crippen LogP contribution in [0, 0.1) is 11.8 Å². The van der Waals surface area contributed by atoms with Crippen molar-refractivity contribution in [3.05, 3.63) is 36.1 Å². The second-order valence-corrected chi connectivity index (χ2v) is 7.23. The van der Waals surface area contributed by atoms with Crippen LogP contribution in [0.25, 0.3) is 0 Å². The summed E-state index contributed by atoms with van der Waals surface area (Å²) in [7, 11) is 0. The van der Waals surface area contributed by atoms with Crippen molar-refractivity contribution in [1.82, 2.24) is 0 Å². The Labute approximate surface area is 138 Å². The van der Waals surface area contributed by atoms with Gasteiger partial charge in [0.2, 0.25) is 0 Å². The van der Waals surface area contributed by atoms with Crippen LogP contribution in [0.4, 0.5) is 0 Å². The van der Waals surface area contributed by atoms with E-state index in [1.165, 1.54) is 31.3 Å². The Kier molecular flexibility index (Phi) is 8.00. The molecule has 0 aromatic carbocycles. The fraction of sp³-hybridized carbons (Fsp3) is 0.714. The van der Waals surface area contributed by atoms with E-state index in [9.17, 15) is 0 Å². The molecule has 1 rings (SSSR count). The highest BCUT2D eigenvalue weighted by Gasteiger charge is 2.40. The Bertz CT molecular complexity index is 394. The summed E-state index contributed by atoms with van der Waals surface area (Å²) in [5, 5.41) is 0. The van der Waals surface area contributed by atoms with E-state index >= 15 is 0 Å². The van der Waals surface area contributed by atoms with Gasteiger partial charge in [-0.05, 0) is 50.0 Å². The molecule has 1 heteroatoms. The highest BCUT2D eigenvalue weighted by Crippen LogP contribution is 2.45. The zero-order chi connectivity index (χ0) is 16.6. The zero-order valence-electron chi connectivity index (χ0n) is 15.5. The number of hydrogen-bond donors (Lipinski definition) is 0. The normalized spacial score (nSPS) is 23.5. The Hall–Kier alpha value is -0.980. The molecule has 0 spiro atoms. The van der Waals surface area contributed by atoms with E-state index in [0.29, 0.717) is 5.92 Å². The van der Waals surface area contributed by atoms with Crippen molar-refractivity contribution in [1.29, 1.82) is 0 Å². The lowest BCUT2D eigenvalue weighted by Gasteiger charge is -2.44. The van der Waals surface area contributed by atoms with Crippen molar-refractivity contribution >= 4 is 0 Å². The molecule has 0 aliphatic carbocycles. The molecule has 22 heavy (non-hydrogen) atoms. The SMILES string of the molecule is C=C1OC(CCC)(CCC)CC(CCC(C)C)/C1=C/C=C\C. The van der Waals surface area contributed by atoms with Gasteiger partial charge in [0.15, 0.2) is 0 Å². The van der Waals surface area contributed by atoms with E-state index in [1.807, 2.05) is 0 Å². The standard InChI is InChI=1S/C21H36O/c1-7-10-11-20-18(6)22-21(14-8-2,15-9-3)16-19(20)13-12-17(4)5/h7,10-11,17,19H,6,8-9,12-16H2,1-5H3/b10-7-,20-11+. The van der Waals surface area contributed by atoms with Gasteiger partial charge in [0.25, 0.3) is 0 Å². The highest BCUT2D eigenvalue weighted by atomic mass is 16.5. The minimum atomic E-state index is 0.0233. The van der Waals surface area contributed by atoms with E-state index in [-0.39, 0.29) is 5.60 Å². The molecule has 1 unspecified atom stereocenters. The zero-order valence-corrected chi connectivity index (χ0v) is 15.5. The Morgan fingerprint density at radius 3 is 2.41 bits per heavy atom. The molecule has 0 N–H and O–H groups in total. The van der Waals surface area contributed by atoms with E-state index < -0.39 is 0 Å². The summed E-state index contributed by atoms with van der Waals surface area (Å²) in [5.41, 5.74) is 1.34. The lowest BCUT2D eigenvalue weighted by molar-refractivity contribution is -0.0476. The summed E-state index contributed by atoms with van der Waals surface area (Å²) in [6.45, 7) is 15.5. The molecule has 0 radical (unpaired) electrons. The van der Waals surface area contributed by atoms with Gasteiger partial charge in [0.1, 0.15) is 11.4 Å². The highest BCUT2D eigenvalue weighted by molar-refractivity contribution is 5.33. The van der Waals surface area contributed by atoms with E-state index in [2.05, 4.69) is 59.4 Å². The van der Waals surface area contributed by atoms with Crippen LogP contribution in [-0.2, 0) is 4.74 Å². The third-order valence-electron chi connectivity index (χ3n) is 4.69. The van der Waals surface area contributed by atoms with Crippen LogP contribution in [0.15, 0.2) is 36.1 Å². The van der Waals surface area contributed by atoms with Gasteiger partial charge in [-0.2, -0.15) is 0 Å². The molecule has 1 atom stereocenters. The van der Waals surface area contributed by atoms with Crippen LogP contribution in [0.1, 0.15) is 79.6 Å². The number of allylic oxidation sites excluding steroid dienone is 4. The minimum Gasteiger partial charge on any atom is -0.488 e. The molecule has 1 nitrogen and oxygen atoms in total. The molecule has 1 heterocycles. The quantitative estimate of drug-likeness (QED) is 0.478. The van der Waals surface area contributed by atoms with Gasteiger partial charge >= 0.3 is 0 Å². The van der Waals surface area contributed by atoms with Crippen LogP contribution >= 0.6 is 0 Å². The predicted molar refractivity (Wildman–Crippen MR) is 97.8 cm³/mol. The summed E-state index contributed by atoms with van der Waals surface area (Å²) in [6.07, 6.45) is 14.8. The maximum atomic E-state index is 6.40. The summed E-state index contributed by atoms with van der Waals surface area (Å²) < 4.78 is 6.40. The topological polar surface area (TPSA) is 9.23 Å². The van der Waals surface area contributed by atoms with Crippen molar-refractivity contribution in [2.45, 2.75) is 85.2 Å². The molecular weight excluding hydrogens is 268 g/mol. The molecular formula is C21H36O. The minimum absolute atomic E-state index is 0.0233. The molecule has 0 amide bonds. The average Bonchev–Trinajstić information content (AvgIpc) is 2.44. The lowest BCUT2D eigenvalue weighted by Crippen LogP contribution is -2.40. The van der Waals surface area contributed by atoms with Gasteiger partial charge in [0, 0.05) is 0 Å². The van der Waals surface area contributed by atoms with Gasteiger partial charge in [0.05, 0.1) is 0 Å². The molecule has 126 valence electrons. The summed E-state index contributed by atoms with van der Waals surface area (Å²) in [4.78, 5) is 0. The van der Waals surface area contributed by atoms with Gasteiger partial charge < -0.3 is 4.74 Å². The number of rotatable bonds is 8. The van der Waals surface area contributed by atoms with Crippen molar-refractivity contribution in [3.8, 4) is 0 Å². The van der Waals surface area contributed by atoms with Crippen LogP contribution in [0.5, 0.6) is 0 Å². The summed E-state index contributed by atoms with van der Waals surface area (Å²) in [5.74, 6) is 2.27. The van der Waals surface area contributed by atoms with Crippen molar-refractivity contribution in [2.24, 2.45) is 11.8 Å². The van der Waals surface area contributed by atoms with E-state index in [1.54, 1.807) is 0 Å². The first-order valence-electron chi connectivity index (χ1n) is 9.19. The lowest BCUT2D eigenvalue weighted by atomic mass is 9.75. The second kappa shape index (κ2) is 9.22. The molecule has 1 aliphatic heterocycles. The van der Waals surface area contributed by atoms with Crippen LogP contribution in [-0.4, -0.2) is 5.60 Å². The maximum absolute atomic E-state index is 6.40. The smallest absolute Gasteiger partial charge is 0.116 e. The van der Waals surface area contributed by atoms with Crippen LogP contribution < -0.4 is 0 Å². The number of hydrogen-bond acceptors (Lipinski definition) is 1. The maximum Gasteiger partial charge on any atom is 0.116 e. The van der Waals surface area contributed by atoms with Gasteiger partial charge in [-0.25, -0.2) is 0 Å². The van der Waals surface area contributed by atoms with Gasteiger partial charge in [-0.3, -0.25) is 0 Å². The number of ether oxygens (including phenoxy) is 1. The van der Waals surface area contributed by atoms with Crippen LogP contribution in [0.3, 0.4) is 0 Å². The fourth-order valence-corrected chi connectivity index (χ4v) is 3.71. The Balaban J connectivity index is 3.01. The van der Waals surface area contributed by atoms with Crippen LogP contribution in [0.2, 0.25) is 0 Å². The van der Waals surface area contributed by atoms with Gasteiger partial charge in [-0.1, -0.05) is 71.8 Å². The molecule has 1 fully saturated rings.